The third-order valence-corrected chi connectivity index (χ3v) is 6.78. The number of rotatable bonds is 4. The van der Waals surface area contributed by atoms with Crippen molar-refractivity contribution < 1.29 is 14.0 Å². The van der Waals surface area contributed by atoms with Crippen molar-refractivity contribution in [3.05, 3.63) is 46.3 Å². The molecule has 26 heavy (non-hydrogen) atoms. The standard InChI is InChI=1S/C19H20FN3OS2/c1-12-13(2)25-18-17(12)19(26-15-5-3-14(20)4-6-15)22-16(21-18)11-23-7-9-24-10-8-23/h3-6H,7-11H2,1-2H3/p+1. The minimum Gasteiger partial charge on any atom is -0.370 e. The maximum absolute atomic E-state index is 13.2. The zero-order valence-electron chi connectivity index (χ0n) is 14.8. The van der Waals surface area contributed by atoms with E-state index in [2.05, 4.69) is 13.8 Å². The first-order valence-electron chi connectivity index (χ1n) is 8.71. The maximum Gasteiger partial charge on any atom is 0.186 e. The number of quaternary nitrogens is 1. The molecule has 4 rings (SSSR count). The van der Waals surface area contributed by atoms with Gasteiger partial charge in [-0.15, -0.1) is 11.3 Å². The normalized spacial score (nSPS) is 15.7. The first-order chi connectivity index (χ1) is 12.6. The van der Waals surface area contributed by atoms with Gasteiger partial charge in [0.1, 0.15) is 35.3 Å². The van der Waals surface area contributed by atoms with Crippen LogP contribution >= 0.6 is 23.1 Å². The molecule has 1 aliphatic heterocycles. The van der Waals surface area contributed by atoms with Crippen molar-refractivity contribution >= 4 is 33.3 Å². The van der Waals surface area contributed by atoms with E-state index >= 15 is 0 Å². The van der Waals surface area contributed by atoms with Crippen LogP contribution in [0.5, 0.6) is 0 Å². The quantitative estimate of drug-likeness (QED) is 0.695. The van der Waals surface area contributed by atoms with E-state index in [1.54, 1.807) is 35.2 Å². The molecule has 1 N–H and O–H groups in total. The molecular weight excluding hydrogens is 369 g/mol. The molecule has 3 aromatic rings. The minimum atomic E-state index is -0.221. The first-order valence-corrected chi connectivity index (χ1v) is 10.3. The number of benzene rings is 1. The van der Waals surface area contributed by atoms with Crippen LogP contribution in [0, 0.1) is 19.7 Å². The van der Waals surface area contributed by atoms with Gasteiger partial charge < -0.3 is 9.64 Å². The smallest absolute Gasteiger partial charge is 0.186 e. The molecule has 0 unspecified atom stereocenters. The van der Waals surface area contributed by atoms with Gasteiger partial charge in [-0.25, -0.2) is 14.4 Å². The fourth-order valence-corrected chi connectivity index (χ4v) is 5.19. The maximum atomic E-state index is 13.2. The summed E-state index contributed by atoms with van der Waals surface area (Å²) in [6.45, 7) is 8.64. The monoisotopic (exact) mass is 390 g/mol. The summed E-state index contributed by atoms with van der Waals surface area (Å²) in [6, 6.07) is 6.58. The summed E-state index contributed by atoms with van der Waals surface area (Å²) in [4.78, 5) is 14.5. The number of hydrogen-bond acceptors (Lipinski definition) is 5. The lowest BCUT2D eigenvalue weighted by Gasteiger charge is -2.23. The number of nitrogens with one attached hydrogen (secondary N) is 1. The van der Waals surface area contributed by atoms with E-state index in [1.165, 1.54) is 27.5 Å². The second-order valence-corrected chi connectivity index (χ2v) is 8.77. The summed E-state index contributed by atoms with van der Waals surface area (Å²) in [5.41, 5.74) is 1.24. The zero-order valence-corrected chi connectivity index (χ0v) is 16.5. The Hall–Kier alpha value is -1.54. The highest BCUT2D eigenvalue weighted by molar-refractivity contribution is 7.99. The van der Waals surface area contributed by atoms with Gasteiger partial charge in [-0.2, -0.15) is 0 Å². The van der Waals surface area contributed by atoms with Crippen molar-refractivity contribution in [1.82, 2.24) is 9.97 Å². The predicted molar refractivity (Wildman–Crippen MR) is 103 cm³/mol. The fraction of sp³-hybridized carbons (Fsp3) is 0.368. The third kappa shape index (κ3) is 3.76. The number of fused-ring (bicyclic) bond motifs is 1. The van der Waals surface area contributed by atoms with Crippen molar-refractivity contribution in [2.24, 2.45) is 0 Å². The van der Waals surface area contributed by atoms with Gasteiger partial charge in [-0.1, -0.05) is 11.8 Å². The number of morpholine rings is 1. The second-order valence-electron chi connectivity index (χ2n) is 6.50. The fourth-order valence-electron chi connectivity index (χ4n) is 3.08. The molecule has 3 heterocycles. The Kier molecular flexibility index (Phi) is 5.22. The number of thiophene rings is 1. The lowest BCUT2D eigenvalue weighted by molar-refractivity contribution is -0.922. The van der Waals surface area contributed by atoms with Gasteiger partial charge >= 0.3 is 0 Å². The molecule has 2 aromatic heterocycles. The van der Waals surface area contributed by atoms with Crippen molar-refractivity contribution in [2.75, 3.05) is 26.3 Å². The Labute approximate surface area is 160 Å². The summed E-state index contributed by atoms with van der Waals surface area (Å²) in [7, 11) is 0. The molecule has 1 fully saturated rings. The summed E-state index contributed by atoms with van der Waals surface area (Å²) < 4.78 is 18.7. The molecule has 0 atom stereocenters. The lowest BCUT2D eigenvalue weighted by Crippen LogP contribution is -3.12. The van der Waals surface area contributed by atoms with E-state index in [9.17, 15) is 4.39 Å². The number of hydrogen-bond donors (Lipinski definition) is 1. The second kappa shape index (κ2) is 7.60. The molecule has 0 bridgehead atoms. The molecule has 4 nitrogen and oxygen atoms in total. The average molecular weight is 391 g/mol. The average Bonchev–Trinajstić information content (AvgIpc) is 2.92. The Morgan fingerprint density at radius 1 is 1.15 bits per heavy atom. The number of aryl methyl sites for hydroxylation is 2. The van der Waals surface area contributed by atoms with E-state index in [0.29, 0.717) is 0 Å². The van der Waals surface area contributed by atoms with Crippen LogP contribution in [0.1, 0.15) is 16.3 Å². The van der Waals surface area contributed by atoms with Crippen molar-refractivity contribution in [2.45, 2.75) is 30.3 Å². The van der Waals surface area contributed by atoms with Crippen LogP contribution in [0.25, 0.3) is 10.2 Å². The van der Waals surface area contributed by atoms with E-state index < -0.39 is 0 Å². The Morgan fingerprint density at radius 3 is 2.62 bits per heavy atom. The zero-order chi connectivity index (χ0) is 18.1. The van der Waals surface area contributed by atoms with Crippen LogP contribution in [-0.2, 0) is 11.3 Å². The molecule has 0 radical (unpaired) electrons. The van der Waals surface area contributed by atoms with Crippen LogP contribution < -0.4 is 4.90 Å². The van der Waals surface area contributed by atoms with Gasteiger partial charge in [-0.3, -0.25) is 0 Å². The SMILES string of the molecule is Cc1sc2nc(C[NH+]3CCOCC3)nc(Sc3ccc(F)cc3)c2c1C. The molecule has 0 spiro atoms. The molecule has 1 aliphatic rings. The molecule has 1 saturated heterocycles. The minimum absolute atomic E-state index is 0.221. The number of ether oxygens (including phenoxy) is 1. The Balaban J connectivity index is 1.71. The van der Waals surface area contributed by atoms with Crippen LogP contribution in [0.15, 0.2) is 34.2 Å². The topological polar surface area (TPSA) is 39.5 Å². The summed E-state index contributed by atoms with van der Waals surface area (Å²) >= 11 is 3.31. The summed E-state index contributed by atoms with van der Waals surface area (Å²) in [6.07, 6.45) is 0. The van der Waals surface area contributed by atoms with Crippen molar-refractivity contribution in [1.29, 1.82) is 0 Å². The number of aromatic nitrogens is 2. The van der Waals surface area contributed by atoms with Gasteiger partial charge in [0, 0.05) is 15.2 Å². The Bertz CT molecular complexity index is 921. The highest BCUT2D eigenvalue weighted by atomic mass is 32.2. The van der Waals surface area contributed by atoms with E-state index in [4.69, 9.17) is 14.7 Å². The molecule has 0 amide bonds. The summed E-state index contributed by atoms with van der Waals surface area (Å²) in [5.74, 6) is 0.654. The van der Waals surface area contributed by atoms with Gasteiger partial charge in [0.05, 0.1) is 13.2 Å². The van der Waals surface area contributed by atoms with Crippen LogP contribution in [-0.4, -0.2) is 36.3 Å². The van der Waals surface area contributed by atoms with Crippen LogP contribution in [0.4, 0.5) is 4.39 Å². The highest BCUT2D eigenvalue weighted by Crippen LogP contribution is 2.37. The first kappa shape index (κ1) is 17.9. The van der Waals surface area contributed by atoms with Gasteiger partial charge in [0.15, 0.2) is 5.82 Å². The Morgan fingerprint density at radius 2 is 1.88 bits per heavy atom. The predicted octanol–water partition coefficient (Wildman–Crippen LogP) is 3.01. The molecule has 0 saturated carbocycles. The van der Waals surface area contributed by atoms with Crippen LogP contribution in [0.3, 0.4) is 0 Å². The third-order valence-electron chi connectivity index (χ3n) is 4.68. The number of halogens is 1. The molecule has 1 aromatic carbocycles. The largest absolute Gasteiger partial charge is 0.370 e. The molecular formula is C19H21FN3OS2+. The number of nitrogens with zero attached hydrogens (tertiary/aromatic N) is 2. The van der Waals surface area contributed by atoms with Gasteiger partial charge in [0.2, 0.25) is 0 Å². The molecule has 7 heteroatoms. The molecule has 0 aliphatic carbocycles. The van der Waals surface area contributed by atoms with E-state index in [-0.39, 0.29) is 5.82 Å². The van der Waals surface area contributed by atoms with E-state index in [0.717, 1.165) is 58.8 Å². The van der Waals surface area contributed by atoms with Crippen molar-refractivity contribution in [3.63, 3.8) is 0 Å². The summed E-state index contributed by atoms with van der Waals surface area (Å²) in [5, 5.41) is 2.09. The van der Waals surface area contributed by atoms with Crippen LogP contribution in [0.2, 0.25) is 0 Å². The van der Waals surface area contributed by atoms with Gasteiger partial charge in [-0.05, 0) is 43.7 Å². The highest BCUT2D eigenvalue weighted by Gasteiger charge is 2.20. The van der Waals surface area contributed by atoms with Crippen molar-refractivity contribution in [3.8, 4) is 0 Å². The van der Waals surface area contributed by atoms with E-state index in [1.807, 2.05) is 0 Å². The molecule has 136 valence electrons. The van der Waals surface area contributed by atoms with Gasteiger partial charge in [0.25, 0.3) is 0 Å². The lowest BCUT2D eigenvalue weighted by atomic mass is 10.2.